The van der Waals surface area contributed by atoms with Crippen LogP contribution in [0.3, 0.4) is 0 Å². The Morgan fingerprint density at radius 2 is 1.72 bits per heavy atom. The third-order valence-electron chi connectivity index (χ3n) is 9.21. The summed E-state index contributed by atoms with van der Waals surface area (Å²) in [5, 5.41) is 21.3. The van der Waals surface area contributed by atoms with E-state index in [0.29, 0.717) is 41.9 Å². The molecular weight excluding hydrogens is 550 g/mol. The molecule has 0 aliphatic carbocycles. The molecule has 2 bridgehead atoms. The van der Waals surface area contributed by atoms with E-state index >= 15 is 0 Å². The number of hydrogen-bond donors (Lipinski definition) is 2. The molecule has 220 valence electrons. The van der Waals surface area contributed by atoms with Gasteiger partial charge in [-0.3, -0.25) is 9.59 Å². The Morgan fingerprint density at radius 3 is 2.47 bits per heavy atom. The first-order chi connectivity index (χ1) is 20.6. The van der Waals surface area contributed by atoms with Crippen molar-refractivity contribution >= 4 is 33.5 Å². The number of benzene rings is 2. The van der Waals surface area contributed by atoms with Crippen LogP contribution < -0.4 is 16.4 Å². The predicted molar refractivity (Wildman–Crippen MR) is 160 cm³/mol. The topological polar surface area (TPSA) is 133 Å². The summed E-state index contributed by atoms with van der Waals surface area (Å²) in [6, 6.07) is 15.0. The summed E-state index contributed by atoms with van der Waals surface area (Å²) in [5.74, 6) is 0.526. The quantitative estimate of drug-likeness (QED) is 0.243. The number of quaternary nitrogens is 1. The van der Waals surface area contributed by atoms with Gasteiger partial charge in [-0.1, -0.05) is 30.3 Å². The zero-order valence-electron chi connectivity index (χ0n) is 24.1. The molecular formula is C33H31N3O7. The predicted octanol–water partition coefficient (Wildman–Crippen LogP) is 3.88. The minimum Gasteiger partial charge on any atom is -0.595 e. The fourth-order valence-corrected chi connectivity index (χ4v) is 7.12. The first-order valence-corrected chi connectivity index (χ1v) is 14.4. The van der Waals surface area contributed by atoms with E-state index in [1.54, 1.807) is 15.5 Å². The lowest BCUT2D eigenvalue weighted by Gasteiger charge is -2.43. The number of carbonyl (C=O) groups is 1. The van der Waals surface area contributed by atoms with Crippen molar-refractivity contribution in [3.8, 4) is 11.1 Å². The van der Waals surface area contributed by atoms with Crippen molar-refractivity contribution in [1.29, 1.82) is 0 Å². The summed E-state index contributed by atoms with van der Waals surface area (Å²) >= 11 is 0. The maximum atomic E-state index is 13.7. The number of rotatable bonds is 4. The second-order valence-electron chi connectivity index (χ2n) is 11.8. The Bertz CT molecular complexity index is 2060. The average Bonchev–Trinajstić information content (AvgIpc) is 3.32. The number of aryl methyl sites for hydroxylation is 3. The number of nitrogens with zero attached hydrogens (tertiary/aromatic N) is 2. The van der Waals surface area contributed by atoms with E-state index < -0.39 is 16.4 Å². The van der Waals surface area contributed by atoms with Crippen LogP contribution in [0.15, 0.2) is 67.0 Å². The molecule has 1 amide bonds. The molecule has 0 spiro atoms. The lowest BCUT2D eigenvalue weighted by Crippen LogP contribution is -3.00. The lowest BCUT2D eigenvalue weighted by atomic mass is 9.83. The Hall–Kier alpha value is -4.51. The fraction of sp³-hybridized carbons (Fsp3) is 0.303. The van der Waals surface area contributed by atoms with Crippen molar-refractivity contribution < 1.29 is 24.1 Å². The van der Waals surface area contributed by atoms with Gasteiger partial charge in [0.1, 0.15) is 16.9 Å². The second-order valence-corrected chi connectivity index (χ2v) is 11.8. The molecule has 10 heteroatoms. The molecule has 1 saturated heterocycles. The van der Waals surface area contributed by atoms with Gasteiger partial charge in [0.15, 0.2) is 0 Å². The summed E-state index contributed by atoms with van der Waals surface area (Å²) in [5.41, 5.74) is 4.37. The summed E-state index contributed by atoms with van der Waals surface area (Å²) in [6.45, 7) is 6.85. The first kappa shape index (κ1) is 27.3. The molecule has 43 heavy (non-hydrogen) atoms. The Labute approximate surface area is 245 Å². The first-order valence-electron chi connectivity index (χ1n) is 14.4. The molecule has 2 aliphatic heterocycles. The standard InChI is InChI=1S/C33H31N3O7/c1-17-23-12-25-29(21-7-5-4-6-8-21)19(3)42-31(25)18(2)30(23)43-33(39)24(17)13-28(37)34-14-20-11-22(16-34)26-9-10-27(36(40)41)32(38)35(26)15-20/h4-10,12,20,22,36,40H,11,13-16H2,1-3H3. The van der Waals surface area contributed by atoms with Crippen molar-refractivity contribution in [3.63, 3.8) is 0 Å². The van der Waals surface area contributed by atoms with E-state index in [9.17, 15) is 24.8 Å². The number of hydrogen-bond acceptors (Lipinski definition) is 7. The number of likely N-dealkylation sites (tertiary alicyclic amines) is 1. The van der Waals surface area contributed by atoms with E-state index in [-0.39, 0.29) is 29.9 Å². The molecule has 10 nitrogen and oxygen atoms in total. The second kappa shape index (κ2) is 10.0. The van der Waals surface area contributed by atoms with E-state index in [2.05, 4.69) is 0 Å². The van der Waals surface area contributed by atoms with Crippen LogP contribution in [0.4, 0.5) is 5.69 Å². The molecule has 3 aromatic heterocycles. The molecule has 2 N–H and O–H groups in total. The van der Waals surface area contributed by atoms with Crippen molar-refractivity contribution in [2.24, 2.45) is 5.92 Å². The molecule has 0 saturated carbocycles. The van der Waals surface area contributed by atoms with Gasteiger partial charge < -0.3 is 23.5 Å². The maximum Gasteiger partial charge on any atom is 0.340 e. The summed E-state index contributed by atoms with van der Waals surface area (Å²) in [7, 11) is 0. The van der Waals surface area contributed by atoms with Crippen LogP contribution >= 0.6 is 0 Å². The monoisotopic (exact) mass is 581 g/mol. The van der Waals surface area contributed by atoms with Crippen molar-refractivity contribution in [3.05, 3.63) is 103 Å². The van der Waals surface area contributed by atoms with E-state index in [0.717, 1.165) is 45.3 Å². The molecule has 5 heterocycles. The number of carbonyl (C=O) groups excluding carboxylic acids is 1. The molecule has 1 fully saturated rings. The average molecular weight is 582 g/mol. The number of pyridine rings is 1. The molecule has 7 rings (SSSR count). The number of nitrogens with one attached hydrogen (secondary N) is 1. The number of fused-ring (bicyclic) bond motifs is 6. The normalized spacial score (nSPS) is 18.7. The molecule has 5 aromatic rings. The van der Waals surface area contributed by atoms with E-state index in [1.807, 2.05) is 57.2 Å². The minimum absolute atomic E-state index is 0.0164. The number of aromatic nitrogens is 1. The largest absolute Gasteiger partial charge is 0.595 e. The van der Waals surface area contributed by atoms with Crippen LogP contribution in [-0.4, -0.2) is 33.7 Å². The third kappa shape index (κ3) is 4.32. The van der Waals surface area contributed by atoms with Gasteiger partial charge in [-0.2, -0.15) is 5.23 Å². The van der Waals surface area contributed by atoms with Gasteiger partial charge in [-0.05, 0) is 56.4 Å². The van der Waals surface area contributed by atoms with Crippen molar-refractivity contribution in [2.45, 2.75) is 46.1 Å². The Balaban J connectivity index is 1.23. The molecule has 3 atom stereocenters. The molecule has 2 aliphatic rings. The Kier molecular flexibility index (Phi) is 6.39. The minimum atomic E-state index is -1.24. The van der Waals surface area contributed by atoms with Crippen LogP contribution in [0.2, 0.25) is 0 Å². The number of furan rings is 1. The SMILES string of the molecule is Cc1oc2c(C)c3oc(=O)c(CC(=O)N4CC5CC(C4)c4ccc([NH+]([O-])O)c(=O)n4C5)c(C)c3cc2c1-c1ccccc1. The van der Waals surface area contributed by atoms with Gasteiger partial charge in [0.2, 0.25) is 11.6 Å². The highest BCUT2D eigenvalue weighted by Crippen LogP contribution is 2.40. The summed E-state index contributed by atoms with van der Waals surface area (Å²) in [6.07, 6.45) is 0.720. The number of amides is 1. The third-order valence-corrected chi connectivity index (χ3v) is 9.21. The van der Waals surface area contributed by atoms with Crippen molar-refractivity contribution in [1.82, 2.24) is 9.47 Å². The maximum absolute atomic E-state index is 13.7. The van der Waals surface area contributed by atoms with Gasteiger partial charge in [-0.25, -0.2) is 10.0 Å². The lowest BCUT2D eigenvalue weighted by molar-refractivity contribution is -0.992. The summed E-state index contributed by atoms with van der Waals surface area (Å²) < 4.78 is 13.6. The van der Waals surface area contributed by atoms with Gasteiger partial charge in [0.25, 0.3) is 0 Å². The van der Waals surface area contributed by atoms with Gasteiger partial charge in [-0.15, -0.1) is 0 Å². The highest BCUT2D eigenvalue weighted by Gasteiger charge is 2.37. The van der Waals surface area contributed by atoms with Crippen LogP contribution in [0.25, 0.3) is 33.1 Å². The van der Waals surface area contributed by atoms with Crippen LogP contribution in [0.1, 0.15) is 40.5 Å². The van der Waals surface area contributed by atoms with Crippen LogP contribution in [-0.2, 0) is 17.8 Å². The fourth-order valence-electron chi connectivity index (χ4n) is 7.12. The van der Waals surface area contributed by atoms with E-state index in [4.69, 9.17) is 8.83 Å². The molecule has 2 aromatic carbocycles. The van der Waals surface area contributed by atoms with Gasteiger partial charge >= 0.3 is 11.2 Å². The highest BCUT2D eigenvalue weighted by atomic mass is 16.8. The Morgan fingerprint density at radius 1 is 0.977 bits per heavy atom. The van der Waals surface area contributed by atoms with E-state index in [1.165, 1.54) is 6.07 Å². The summed E-state index contributed by atoms with van der Waals surface area (Å²) in [4.78, 5) is 41.5. The molecule has 0 radical (unpaired) electrons. The molecule has 3 unspecified atom stereocenters. The van der Waals surface area contributed by atoms with Crippen LogP contribution in [0.5, 0.6) is 0 Å². The number of piperidine rings is 1. The zero-order chi connectivity index (χ0) is 30.2. The smallest absolute Gasteiger partial charge is 0.340 e. The zero-order valence-corrected chi connectivity index (χ0v) is 24.1. The highest BCUT2D eigenvalue weighted by molar-refractivity contribution is 6.06. The van der Waals surface area contributed by atoms with Crippen molar-refractivity contribution in [2.75, 3.05) is 13.1 Å². The van der Waals surface area contributed by atoms with Gasteiger partial charge in [0.05, 0.1) is 12.0 Å². The van der Waals surface area contributed by atoms with Crippen LogP contribution in [0, 0.1) is 31.9 Å². The van der Waals surface area contributed by atoms with Gasteiger partial charge in [0, 0.05) is 59.2 Å².